The normalized spacial score (nSPS) is 16.4. The molecular formula is C19H19N7. The molecule has 0 unspecified atom stereocenters. The van der Waals surface area contributed by atoms with Gasteiger partial charge in [-0.25, -0.2) is 14.6 Å². The van der Waals surface area contributed by atoms with Crippen LogP contribution >= 0.6 is 0 Å². The molecular weight excluding hydrogens is 326 g/mol. The topological polar surface area (TPSA) is 63.0 Å². The molecule has 2 aliphatic rings. The van der Waals surface area contributed by atoms with Crippen molar-refractivity contribution < 1.29 is 0 Å². The molecule has 0 radical (unpaired) electrons. The van der Waals surface area contributed by atoms with Gasteiger partial charge in [-0.3, -0.25) is 4.98 Å². The van der Waals surface area contributed by atoms with Crippen molar-refractivity contribution in [2.75, 3.05) is 22.9 Å². The molecule has 0 N–H and O–H groups in total. The Balaban J connectivity index is 1.39. The van der Waals surface area contributed by atoms with E-state index in [-0.39, 0.29) is 0 Å². The van der Waals surface area contributed by atoms with Crippen LogP contribution in [0.4, 0.5) is 11.6 Å². The molecule has 0 atom stereocenters. The number of anilines is 2. The lowest BCUT2D eigenvalue weighted by molar-refractivity contribution is 0.812. The highest BCUT2D eigenvalue weighted by atomic mass is 15.3. The van der Waals surface area contributed by atoms with Gasteiger partial charge in [-0.05, 0) is 25.0 Å². The molecule has 0 saturated carbocycles. The Morgan fingerprint density at radius 2 is 1.81 bits per heavy atom. The molecule has 1 fully saturated rings. The maximum Gasteiger partial charge on any atom is 0.225 e. The Bertz CT molecular complexity index is 940. The largest absolute Gasteiger partial charge is 0.341 e. The summed E-state index contributed by atoms with van der Waals surface area (Å²) in [6.07, 6.45) is 11.7. The molecule has 1 saturated heterocycles. The molecule has 0 aromatic carbocycles. The van der Waals surface area contributed by atoms with E-state index in [1.54, 1.807) is 6.20 Å². The van der Waals surface area contributed by atoms with E-state index in [2.05, 4.69) is 31.3 Å². The Morgan fingerprint density at radius 3 is 2.50 bits per heavy atom. The number of hydrogen-bond acceptors (Lipinski definition) is 6. The van der Waals surface area contributed by atoms with Crippen molar-refractivity contribution in [2.24, 2.45) is 0 Å². The van der Waals surface area contributed by atoms with Crippen LogP contribution in [0.3, 0.4) is 0 Å². The quantitative estimate of drug-likeness (QED) is 0.727. The smallest absolute Gasteiger partial charge is 0.225 e. The molecule has 2 aliphatic heterocycles. The van der Waals surface area contributed by atoms with Gasteiger partial charge in [0.15, 0.2) is 0 Å². The predicted octanol–water partition coefficient (Wildman–Crippen LogP) is 2.65. The molecule has 0 spiro atoms. The van der Waals surface area contributed by atoms with Crippen molar-refractivity contribution in [3.8, 4) is 5.69 Å². The van der Waals surface area contributed by atoms with Crippen molar-refractivity contribution in [3.63, 3.8) is 0 Å². The summed E-state index contributed by atoms with van der Waals surface area (Å²) in [7, 11) is 0. The molecule has 3 aromatic heterocycles. The predicted molar refractivity (Wildman–Crippen MR) is 100 cm³/mol. The van der Waals surface area contributed by atoms with E-state index in [4.69, 9.17) is 5.10 Å². The van der Waals surface area contributed by atoms with Gasteiger partial charge in [-0.15, -0.1) is 0 Å². The van der Waals surface area contributed by atoms with E-state index >= 15 is 0 Å². The maximum atomic E-state index is 4.71. The van der Waals surface area contributed by atoms with Crippen molar-refractivity contribution >= 4 is 17.3 Å². The number of aromatic nitrogens is 5. The average Bonchev–Trinajstić information content (AvgIpc) is 3.41. The first kappa shape index (κ1) is 15.1. The summed E-state index contributed by atoms with van der Waals surface area (Å²) in [5.74, 6) is 0.804. The lowest BCUT2D eigenvalue weighted by Crippen LogP contribution is -2.20. The first-order chi connectivity index (χ1) is 12.8. The van der Waals surface area contributed by atoms with E-state index in [9.17, 15) is 0 Å². The molecule has 0 aliphatic carbocycles. The summed E-state index contributed by atoms with van der Waals surface area (Å²) in [6.45, 7) is 7.01. The van der Waals surface area contributed by atoms with Gasteiger partial charge >= 0.3 is 0 Å². The maximum absolute atomic E-state index is 4.71. The number of pyridine rings is 1. The van der Waals surface area contributed by atoms with Gasteiger partial charge in [0.05, 0.1) is 36.5 Å². The van der Waals surface area contributed by atoms with Gasteiger partial charge in [-0.2, -0.15) is 5.10 Å². The third-order valence-electron chi connectivity index (χ3n) is 4.97. The van der Waals surface area contributed by atoms with Crippen molar-refractivity contribution in [2.45, 2.75) is 19.4 Å². The highest BCUT2D eigenvalue weighted by molar-refractivity contribution is 5.82. The molecule has 130 valence electrons. The summed E-state index contributed by atoms with van der Waals surface area (Å²) in [4.78, 5) is 17.6. The molecule has 26 heavy (non-hydrogen) atoms. The highest BCUT2D eigenvalue weighted by Gasteiger charge is 2.27. The van der Waals surface area contributed by atoms with Crippen LogP contribution in [0.5, 0.6) is 0 Å². The van der Waals surface area contributed by atoms with Gasteiger partial charge in [0.1, 0.15) is 5.69 Å². The first-order valence-electron chi connectivity index (χ1n) is 8.82. The van der Waals surface area contributed by atoms with E-state index in [1.165, 1.54) is 12.8 Å². The minimum atomic E-state index is 0.694. The van der Waals surface area contributed by atoms with Gasteiger partial charge in [0, 0.05) is 36.7 Å². The van der Waals surface area contributed by atoms with E-state index in [0.717, 1.165) is 47.4 Å². The van der Waals surface area contributed by atoms with Crippen LogP contribution in [0.25, 0.3) is 11.4 Å². The van der Waals surface area contributed by atoms with Gasteiger partial charge in [-0.1, -0.05) is 6.58 Å². The molecule has 3 aromatic rings. The molecule has 7 nitrogen and oxygen atoms in total. The summed E-state index contributed by atoms with van der Waals surface area (Å²) in [5, 5.41) is 4.71. The van der Waals surface area contributed by atoms with E-state index in [1.807, 2.05) is 41.6 Å². The van der Waals surface area contributed by atoms with Crippen molar-refractivity contribution in [1.82, 2.24) is 24.7 Å². The van der Waals surface area contributed by atoms with E-state index in [0.29, 0.717) is 6.54 Å². The fourth-order valence-electron chi connectivity index (χ4n) is 3.56. The Morgan fingerprint density at radius 1 is 1.00 bits per heavy atom. The van der Waals surface area contributed by atoms with Crippen LogP contribution in [0.2, 0.25) is 0 Å². The summed E-state index contributed by atoms with van der Waals surface area (Å²) in [6, 6.07) is 3.96. The molecule has 0 amide bonds. The minimum Gasteiger partial charge on any atom is -0.341 e. The zero-order valence-electron chi connectivity index (χ0n) is 14.4. The van der Waals surface area contributed by atoms with Crippen molar-refractivity contribution in [3.05, 3.63) is 61.0 Å². The van der Waals surface area contributed by atoms with Crippen LogP contribution in [-0.2, 0) is 6.54 Å². The second kappa shape index (κ2) is 5.94. The van der Waals surface area contributed by atoms with Gasteiger partial charge in [0.25, 0.3) is 0 Å². The molecule has 5 heterocycles. The van der Waals surface area contributed by atoms with Crippen LogP contribution in [0, 0.1) is 0 Å². The lowest BCUT2D eigenvalue weighted by atomic mass is 10.2. The molecule has 7 heteroatoms. The van der Waals surface area contributed by atoms with Gasteiger partial charge in [0.2, 0.25) is 5.95 Å². The number of fused-ring (bicyclic) bond motifs is 1. The molecule has 5 rings (SSSR count). The summed E-state index contributed by atoms with van der Waals surface area (Å²) in [5.41, 5.74) is 4.89. The third-order valence-corrected chi connectivity index (χ3v) is 4.97. The van der Waals surface area contributed by atoms with Crippen LogP contribution in [0.15, 0.2) is 49.7 Å². The highest BCUT2D eigenvalue weighted by Crippen LogP contribution is 2.35. The monoisotopic (exact) mass is 345 g/mol. The Kier molecular flexibility index (Phi) is 3.44. The van der Waals surface area contributed by atoms with Crippen LogP contribution in [-0.4, -0.2) is 37.8 Å². The van der Waals surface area contributed by atoms with Crippen LogP contribution < -0.4 is 9.80 Å². The van der Waals surface area contributed by atoms with Crippen LogP contribution in [0.1, 0.15) is 24.1 Å². The molecule has 0 bridgehead atoms. The number of rotatable bonds is 3. The average molecular weight is 345 g/mol. The Hall–Kier alpha value is -3.22. The lowest BCUT2D eigenvalue weighted by Gasteiger charge is -2.19. The zero-order chi connectivity index (χ0) is 17.5. The van der Waals surface area contributed by atoms with E-state index < -0.39 is 0 Å². The fourth-order valence-corrected chi connectivity index (χ4v) is 3.56. The van der Waals surface area contributed by atoms with Crippen molar-refractivity contribution in [1.29, 1.82) is 0 Å². The standard InChI is InChI=1S/C19H19N7/c1-14-17-12-26(16-10-21-19(22-11-16)24-7-2-3-8-24)23-18(17)13-25(14)15-5-4-6-20-9-15/h4-6,9-12H,1-3,7-8,13H2. The SMILES string of the molecule is C=C1c2cn(-c3cnc(N4CCCC4)nc3)nc2CN1c1cccnc1. The Labute approximate surface area is 151 Å². The number of hydrogen-bond donors (Lipinski definition) is 0. The van der Waals surface area contributed by atoms with Gasteiger partial charge < -0.3 is 9.80 Å². The third kappa shape index (κ3) is 2.44. The number of nitrogens with zero attached hydrogens (tertiary/aromatic N) is 7. The zero-order valence-corrected chi connectivity index (χ0v) is 14.4. The second-order valence-corrected chi connectivity index (χ2v) is 6.61. The minimum absolute atomic E-state index is 0.694. The summed E-state index contributed by atoms with van der Waals surface area (Å²) < 4.78 is 1.84. The summed E-state index contributed by atoms with van der Waals surface area (Å²) >= 11 is 0. The fraction of sp³-hybridized carbons (Fsp3) is 0.263. The second-order valence-electron chi connectivity index (χ2n) is 6.61. The first-order valence-corrected chi connectivity index (χ1v) is 8.82.